The molecule has 2 nitrogen and oxygen atoms in total. The highest BCUT2D eigenvalue weighted by molar-refractivity contribution is 9.10. The first-order valence-electron chi connectivity index (χ1n) is 6.78. The molecule has 0 heterocycles. The standard InChI is InChI=1S/C15H23BrN2/c1-11-10-12(16)4-9-15(11)18(3)14-7-5-13(17-2)6-8-14/h4,9-10,13-14,17H,5-8H2,1-3H3. The number of hydrogen-bond donors (Lipinski definition) is 1. The lowest BCUT2D eigenvalue weighted by Crippen LogP contribution is -2.40. The zero-order chi connectivity index (χ0) is 13.1. The van der Waals surface area contributed by atoms with Crippen molar-refractivity contribution < 1.29 is 0 Å². The van der Waals surface area contributed by atoms with Gasteiger partial charge in [-0.05, 0) is 63.4 Å². The molecular formula is C15H23BrN2. The van der Waals surface area contributed by atoms with E-state index < -0.39 is 0 Å². The van der Waals surface area contributed by atoms with Crippen molar-refractivity contribution in [2.75, 3.05) is 19.0 Å². The van der Waals surface area contributed by atoms with Crippen molar-refractivity contribution in [2.45, 2.75) is 44.7 Å². The Morgan fingerprint density at radius 1 is 1.22 bits per heavy atom. The van der Waals surface area contributed by atoms with Gasteiger partial charge in [0.05, 0.1) is 0 Å². The number of aryl methyl sites for hydroxylation is 1. The van der Waals surface area contributed by atoms with Crippen LogP contribution in [0.3, 0.4) is 0 Å². The largest absolute Gasteiger partial charge is 0.371 e. The van der Waals surface area contributed by atoms with E-state index in [9.17, 15) is 0 Å². The molecule has 0 bridgehead atoms. The van der Waals surface area contributed by atoms with Crippen LogP contribution in [-0.2, 0) is 0 Å². The first-order chi connectivity index (χ1) is 8.61. The van der Waals surface area contributed by atoms with Gasteiger partial charge in [-0.15, -0.1) is 0 Å². The van der Waals surface area contributed by atoms with Gasteiger partial charge >= 0.3 is 0 Å². The van der Waals surface area contributed by atoms with Crippen molar-refractivity contribution in [1.82, 2.24) is 5.32 Å². The first kappa shape index (κ1) is 13.9. The smallest absolute Gasteiger partial charge is 0.0396 e. The fourth-order valence-electron chi connectivity index (χ4n) is 2.96. The number of nitrogens with zero attached hydrogens (tertiary/aromatic N) is 1. The molecule has 1 aliphatic carbocycles. The van der Waals surface area contributed by atoms with Gasteiger partial charge in [0.1, 0.15) is 0 Å². The van der Waals surface area contributed by atoms with E-state index >= 15 is 0 Å². The molecule has 0 radical (unpaired) electrons. The Morgan fingerprint density at radius 2 is 1.89 bits per heavy atom. The van der Waals surface area contributed by atoms with Gasteiger partial charge in [0.25, 0.3) is 0 Å². The average molecular weight is 311 g/mol. The molecule has 3 heteroatoms. The summed E-state index contributed by atoms with van der Waals surface area (Å²) in [5.41, 5.74) is 2.72. The van der Waals surface area contributed by atoms with Gasteiger partial charge in [-0.25, -0.2) is 0 Å². The van der Waals surface area contributed by atoms with E-state index in [0.29, 0.717) is 6.04 Å². The van der Waals surface area contributed by atoms with Crippen molar-refractivity contribution in [2.24, 2.45) is 0 Å². The lowest BCUT2D eigenvalue weighted by atomic mass is 9.90. The third-order valence-electron chi connectivity index (χ3n) is 4.19. The molecule has 0 aromatic heterocycles. The Kier molecular flexibility index (Phi) is 4.68. The van der Waals surface area contributed by atoms with E-state index in [1.54, 1.807) is 0 Å². The number of rotatable bonds is 3. The van der Waals surface area contributed by atoms with Gasteiger partial charge in [0, 0.05) is 29.3 Å². The van der Waals surface area contributed by atoms with E-state index in [0.717, 1.165) is 10.5 Å². The van der Waals surface area contributed by atoms with Crippen LogP contribution >= 0.6 is 15.9 Å². The maximum absolute atomic E-state index is 3.53. The summed E-state index contributed by atoms with van der Waals surface area (Å²) >= 11 is 3.53. The second kappa shape index (κ2) is 6.07. The minimum Gasteiger partial charge on any atom is -0.371 e. The third kappa shape index (κ3) is 3.07. The van der Waals surface area contributed by atoms with Crippen molar-refractivity contribution in [1.29, 1.82) is 0 Å². The minimum atomic E-state index is 0.689. The Labute approximate surface area is 119 Å². The Hall–Kier alpha value is -0.540. The predicted molar refractivity (Wildman–Crippen MR) is 82.4 cm³/mol. The van der Waals surface area contributed by atoms with Crippen LogP contribution in [0.25, 0.3) is 0 Å². The summed E-state index contributed by atoms with van der Waals surface area (Å²) in [6.07, 6.45) is 5.16. The summed E-state index contributed by atoms with van der Waals surface area (Å²) in [6.45, 7) is 2.19. The number of anilines is 1. The molecule has 1 aromatic carbocycles. The molecule has 0 unspecified atom stereocenters. The first-order valence-corrected chi connectivity index (χ1v) is 7.57. The molecule has 1 N–H and O–H groups in total. The highest BCUT2D eigenvalue weighted by Crippen LogP contribution is 2.29. The summed E-state index contributed by atoms with van der Waals surface area (Å²) < 4.78 is 1.16. The summed E-state index contributed by atoms with van der Waals surface area (Å²) in [5, 5.41) is 3.40. The molecule has 1 aromatic rings. The molecule has 0 aliphatic heterocycles. The number of nitrogens with one attached hydrogen (secondary N) is 1. The van der Waals surface area contributed by atoms with E-state index in [-0.39, 0.29) is 0 Å². The summed E-state index contributed by atoms with van der Waals surface area (Å²) in [7, 11) is 4.31. The number of halogens is 1. The maximum Gasteiger partial charge on any atom is 0.0396 e. The van der Waals surface area contributed by atoms with Gasteiger partial charge in [-0.2, -0.15) is 0 Å². The number of benzene rings is 1. The molecule has 1 saturated carbocycles. The van der Waals surface area contributed by atoms with Crippen LogP contribution in [0.1, 0.15) is 31.2 Å². The average Bonchev–Trinajstić information content (AvgIpc) is 2.38. The third-order valence-corrected chi connectivity index (χ3v) is 4.68. The topological polar surface area (TPSA) is 15.3 Å². The molecule has 1 fully saturated rings. The van der Waals surface area contributed by atoms with Gasteiger partial charge in [-0.3, -0.25) is 0 Å². The normalized spacial score (nSPS) is 24.0. The van der Waals surface area contributed by atoms with Crippen molar-refractivity contribution in [3.05, 3.63) is 28.2 Å². The maximum atomic E-state index is 3.53. The fraction of sp³-hybridized carbons (Fsp3) is 0.600. The van der Waals surface area contributed by atoms with Gasteiger partial charge < -0.3 is 10.2 Å². The van der Waals surface area contributed by atoms with Crippen molar-refractivity contribution in [3.63, 3.8) is 0 Å². The minimum absolute atomic E-state index is 0.689. The van der Waals surface area contributed by atoms with Gasteiger partial charge in [0.2, 0.25) is 0 Å². The molecule has 0 amide bonds. The molecule has 100 valence electrons. The summed E-state index contributed by atoms with van der Waals surface area (Å²) in [5.74, 6) is 0. The fourth-order valence-corrected chi connectivity index (χ4v) is 3.44. The van der Waals surface area contributed by atoms with Crippen molar-refractivity contribution in [3.8, 4) is 0 Å². The summed E-state index contributed by atoms with van der Waals surface area (Å²) in [4.78, 5) is 2.47. The Bertz CT molecular complexity index is 397. The Morgan fingerprint density at radius 3 is 2.44 bits per heavy atom. The number of hydrogen-bond acceptors (Lipinski definition) is 2. The SMILES string of the molecule is CNC1CCC(N(C)c2ccc(Br)cc2C)CC1. The predicted octanol–water partition coefficient (Wildman–Crippen LogP) is 3.72. The molecule has 0 atom stereocenters. The second-order valence-electron chi connectivity index (χ2n) is 5.34. The van der Waals surface area contributed by atoms with Gasteiger partial charge in [-0.1, -0.05) is 15.9 Å². The molecule has 0 saturated heterocycles. The Balaban J connectivity index is 2.05. The van der Waals surface area contributed by atoms with Crippen LogP contribution in [0.15, 0.2) is 22.7 Å². The van der Waals surface area contributed by atoms with Crippen LogP contribution in [0.4, 0.5) is 5.69 Å². The molecule has 18 heavy (non-hydrogen) atoms. The highest BCUT2D eigenvalue weighted by atomic mass is 79.9. The van der Waals surface area contributed by atoms with E-state index in [2.05, 4.69) is 65.4 Å². The van der Waals surface area contributed by atoms with Crippen LogP contribution < -0.4 is 10.2 Å². The second-order valence-corrected chi connectivity index (χ2v) is 6.25. The van der Waals surface area contributed by atoms with E-state index in [1.807, 2.05) is 0 Å². The molecule has 2 rings (SSSR count). The van der Waals surface area contributed by atoms with Crippen LogP contribution in [0, 0.1) is 6.92 Å². The monoisotopic (exact) mass is 310 g/mol. The van der Waals surface area contributed by atoms with Crippen LogP contribution in [0.5, 0.6) is 0 Å². The van der Waals surface area contributed by atoms with E-state index in [1.165, 1.54) is 36.9 Å². The molecule has 0 spiro atoms. The quantitative estimate of drug-likeness (QED) is 0.915. The zero-order valence-corrected chi connectivity index (χ0v) is 13.1. The van der Waals surface area contributed by atoms with E-state index in [4.69, 9.17) is 0 Å². The highest BCUT2D eigenvalue weighted by Gasteiger charge is 2.23. The lowest BCUT2D eigenvalue weighted by molar-refractivity contribution is 0.351. The zero-order valence-electron chi connectivity index (χ0n) is 11.5. The summed E-state index contributed by atoms with van der Waals surface area (Å²) in [6, 6.07) is 7.97. The molecule has 1 aliphatic rings. The van der Waals surface area contributed by atoms with Crippen LogP contribution in [0.2, 0.25) is 0 Å². The lowest BCUT2D eigenvalue weighted by Gasteiger charge is -2.36. The van der Waals surface area contributed by atoms with Gasteiger partial charge in [0.15, 0.2) is 0 Å². The van der Waals surface area contributed by atoms with Crippen molar-refractivity contribution >= 4 is 21.6 Å². The van der Waals surface area contributed by atoms with Crippen LogP contribution in [-0.4, -0.2) is 26.2 Å². The molecular weight excluding hydrogens is 288 g/mol.